The second-order valence-corrected chi connectivity index (χ2v) is 6.60. The Bertz CT molecular complexity index is 951. The number of benzene rings is 1. The predicted octanol–water partition coefficient (Wildman–Crippen LogP) is 0.170. The van der Waals surface area contributed by atoms with E-state index in [1.807, 2.05) is 0 Å². The number of nitrogens with zero attached hydrogens (tertiary/aromatic N) is 1. The summed E-state index contributed by atoms with van der Waals surface area (Å²) in [5.74, 6) is -2.74. The second kappa shape index (κ2) is 5.89. The Morgan fingerprint density at radius 1 is 1.39 bits per heavy atom. The van der Waals surface area contributed by atoms with Crippen LogP contribution < -0.4 is 5.56 Å². The summed E-state index contributed by atoms with van der Waals surface area (Å²) in [5.41, 5.74) is -2.27. The Hall–Kier alpha value is -2.59. The number of rotatable bonds is 4. The van der Waals surface area contributed by atoms with Gasteiger partial charge in [0.25, 0.3) is 5.56 Å². The molecule has 2 rings (SSSR count). The molecule has 0 aliphatic heterocycles. The van der Waals surface area contributed by atoms with Crippen LogP contribution in [-0.2, 0) is 16.4 Å². The molecule has 3 N–H and O–H groups in total. The van der Waals surface area contributed by atoms with Gasteiger partial charge in [-0.15, -0.1) is 0 Å². The molecule has 0 saturated heterocycles. The minimum Gasteiger partial charge on any atom is -0.476 e. The highest BCUT2D eigenvalue weighted by molar-refractivity contribution is 7.90. The highest BCUT2D eigenvalue weighted by Crippen LogP contribution is 2.25. The summed E-state index contributed by atoms with van der Waals surface area (Å²) in [7, 11) is -3.86. The maximum absolute atomic E-state index is 13.3. The minimum absolute atomic E-state index is 0.155. The molecule has 1 aromatic carbocycles. The number of halogens is 1. The molecule has 0 unspecified atom stereocenters. The average molecular weight is 342 g/mol. The summed E-state index contributed by atoms with van der Waals surface area (Å²) in [4.78, 5) is 28.4. The number of aromatic nitrogens is 2. The highest BCUT2D eigenvalue weighted by Gasteiger charge is 2.21. The summed E-state index contributed by atoms with van der Waals surface area (Å²) in [6, 6.07) is 2.75. The van der Waals surface area contributed by atoms with Gasteiger partial charge in [-0.2, -0.15) is 0 Å². The van der Waals surface area contributed by atoms with Crippen molar-refractivity contribution >= 4 is 15.8 Å². The van der Waals surface area contributed by atoms with Gasteiger partial charge in [-0.25, -0.2) is 22.6 Å². The van der Waals surface area contributed by atoms with Crippen LogP contribution in [0.3, 0.4) is 0 Å². The summed E-state index contributed by atoms with van der Waals surface area (Å²) >= 11 is 0. The van der Waals surface area contributed by atoms with E-state index in [1.54, 1.807) is 0 Å². The molecular weight excluding hydrogens is 331 g/mol. The smallest absolute Gasteiger partial charge is 0.355 e. The molecule has 0 bridgehead atoms. The van der Waals surface area contributed by atoms with Crippen molar-refractivity contribution in [2.24, 2.45) is 0 Å². The normalized spacial score (nSPS) is 11.4. The van der Waals surface area contributed by atoms with Crippen molar-refractivity contribution < 1.29 is 27.8 Å². The van der Waals surface area contributed by atoms with Crippen molar-refractivity contribution in [2.45, 2.75) is 11.5 Å². The van der Waals surface area contributed by atoms with Gasteiger partial charge in [0.05, 0.1) is 17.1 Å². The molecule has 122 valence electrons. The number of sulfone groups is 1. The predicted molar refractivity (Wildman–Crippen MR) is 76.2 cm³/mol. The first-order valence-corrected chi connectivity index (χ1v) is 8.01. The van der Waals surface area contributed by atoms with Crippen LogP contribution in [0.1, 0.15) is 16.1 Å². The van der Waals surface area contributed by atoms with Gasteiger partial charge in [0.1, 0.15) is 11.6 Å². The molecule has 1 heterocycles. The lowest BCUT2D eigenvalue weighted by Crippen LogP contribution is -2.22. The SMILES string of the molecule is CS(=O)(=O)c1cc(F)ccc1-c1nc(C(=O)O)c(CO)c(=O)[nH]1. The molecule has 0 amide bonds. The molecule has 2 aromatic rings. The van der Waals surface area contributed by atoms with E-state index < -0.39 is 49.9 Å². The maximum Gasteiger partial charge on any atom is 0.355 e. The van der Waals surface area contributed by atoms with Gasteiger partial charge < -0.3 is 15.2 Å². The van der Waals surface area contributed by atoms with Crippen LogP contribution in [-0.4, -0.2) is 40.8 Å². The molecule has 0 saturated carbocycles. The zero-order valence-corrected chi connectivity index (χ0v) is 12.5. The first kappa shape index (κ1) is 16.8. The van der Waals surface area contributed by atoms with Crippen LogP contribution in [0.4, 0.5) is 4.39 Å². The number of aromatic amines is 1. The van der Waals surface area contributed by atoms with E-state index in [1.165, 1.54) is 0 Å². The molecular formula is C13H11FN2O6S. The van der Waals surface area contributed by atoms with Gasteiger partial charge in [-0.05, 0) is 18.2 Å². The summed E-state index contributed by atoms with van der Waals surface area (Å²) in [6.07, 6.45) is 0.837. The van der Waals surface area contributed by atoms with Crippen LogP contribution in [0.2, 0.25) is 0 Å². The molecule has 1 aromatic heterocycles. The largest absolute Gasteiger partial charge is 0.476 e. The molecule has 0 aliphatic carbocycles. The Labute approximate surface area is 129 Å². The lowest BCUT2D eigenvalue weighted by atomic mass is 10.1. The number of H-pyrrole nitrogens is 1. The van der Waals surface area contributed by atoms with Crippen molar-refractivity contribution in [3.63, 3.8) is 0 Å². The quantitative estimate of drug-likeness (QED) is 0.720. The Morgan fingerprint density at radius 3 is 2.57 bits per heavy atom. The second-order valence-electron chi connectivity index (χ2n) is 4.62. The number of nitrogens with one attached hydrogen (secondary N) is 1. The molecule has 0 atom stereocenters. The zero-order valence-electron chi connectivity index (χ0n) is 11.7. The Balaban J connectivity index is 2.84. The van der Waals surface area contributed by atoms with E-state index in [4.69, 9.17) is 10.2 Å². The fraction of sp³-hybridized carbons (Fsp3) is 0.154. The van der Waals surface area contributed by atoms with E-state index >= 15 is 0 Å². The maximum atomic E-state index is 13.3. The number of aliphatic hydroxyl groups excluding tert-OH is 1. The number of hydrogen-bond acceptors (Lipinski definition) is 6. The van der Waals surface area contributed by atoms with E-state index in [0.29, 0.717) is 0 Å². The highest BCUT2D eigenvalue weighted by atomic mass is 32.2. The van der Waals surface area contributed by atoms with Crippen molar-refractivity contribution in [1.29, 1.82) is 0 Å². The van der Waals surface area contributed by atoms with Crippen LogP contribution >= 0.6 is 0 Å². The molecule has 10 heteroatoms. The summed E-state index contributed by atoms with van der Waals surface area (Å²) in [5, 5.41) is 18.1. The number of carbonyl (C=O) groups is 1. The monoisotopic (exact) mass is 342 g/mol. The van der Waals surface area contributed by atoms with Gasteiger partial charge in [0.15, 0.2) is 15.5 Å². The van der Waals surface area contributed by atoms with Crippen LogP contribution in [0.15, 0.2) is 27.9 Å². The topological polar surface area (TPSA) is 137 Å². The summed E-state index contributed by atoms with van der Waals surface area (Å²) < 4.78 is 36.8. The molecule has 0 aliphatic rings. The van der Waals surface area contributed by atoms with E-state index in [9.17, 15) is 22.4 Å². The first-order chi connectivity index (χ1) is 10.6. The third-order valence-corrected chi connectivity index (χ3v) is 4.11. The minimum atomic E-state index is -3.86. The molecule has 0 spiro atoms. The van der Waals surface area contributed by atoms with E-state index in [2.05, 4.69) is 9.97 Å². The van der Waals surface area contributed by atoms with Gasteiger partial charge in [-0.3, -0.25) is 4.79 Å². The number of aliphatic hydroxyl groups is 1. The molecule has 8 nitrogen and oxygen atoms in total. The van der Waals surface area contributed by atoms with Crippen LogP contribution in [0, 0.1) is 5.82 Å². The number of hydrogen-bond donors (Lipinski definition) is 3. The van der Waals surface area contributed by atoms with Gasteiger partial charge in [-0.1, -0.05) is 0 Å². The lowest BCUT2D eigenvalue weighted by Gasteiger charge is -2.09. The fourth-order valence-electron chi connectivity index (χ4n) is 1.95. The Kier molecular flexibility index (Phi) is 4.30. The van der Waals surface area contributed by atoms with Crippen molar-refractivity contribution in [3.8, 4) is 11.4 Å². The van der Waals surface area contributed by atoms with Crippen molar-refractivity contribution in [3.05, 3.63) is 45.6 Å². The first-order valence-electron chi connectivity index (χ1n) is 6.12. The standard InChI is InChI=1S/C13H11FN2O6S/c1-23(21,22)9-4-6(14)2-3-7(9)11-15-10(13(19)20)8(5-17)12(18)16-11/h2-4,17H,5H2,1H3,(H,19,20)(H,15,16,18). The molecule has 23 heavy (non-hydrogen) atoms. The van der Waals surface area contributed by atoms with Crippen LogP contribution in [0.5, 0.6) is 0 Å². The number of carboxylic acid groups (broad SMARTS) is 1. The van der Waals surface area contributed by atoms with Gasteiger partial charge >= 0.3 is 5.97 Å². The van der Waals surface area contributed by atoms with Gasteiger partial charge in [0, 0.05) is 11.8 Å². The van der Waals surface area contributed by atoms with Crippen LogP contribution in [0.25, 0.3) is 11.4 Å². The number of aromatic carboxylic acids is 1. The Morgan fingerprint density at radius 2 is 2.04 bits per heavy atom. The fourth-order valence-corrected chi connectivity index (χ4v) is 2.84. The molecule has 0 radical (unpaired) electrons. The average Bonchev–Trinajstić information content (AvgIpc) is 2.45. The third kappa shape index (κ3) is 3.27. The van der Waals surface area contributed by atoms with E-state index in [-0.39, 0.29) is 11.4 Å². The number of carboxylic acids is 1. The van der Waals surface area contributed by atoms with Crippen molar-refractivity contribution in [2.75, 3.05) is 6.26 Å². The third-order valence-electron chi connectivity index (χ3n) is 2.97. The van der Waals surface area contributed by atoms with Gasteiger partial charge in [0.2, 0.25) is 0 Å². The summed E-state index contributed by atoms with van der Waals surface area (Å²) in [6.45, 7) is -0.855. The molecule has 0 fully saturated rings. The zero-order chi connectivity index (χ0) is 17.4. The lowest BCUT2D eigenvalue weighted by molar-refractivity contribution is 0.0686. The van der Waals surface area contributed by atoms with Crippen molar-refractivity contribution in [1.82, 2.24) is 9.97 Å². The van der Waals surface area contributed by atoms with E-state index in [0.717, 1.165) is 24.5 Å².